The van der Waals surface area contributed by atoms with Gasteiger partial charge in [0.1, 0.15) is 12.3 Å². The Morgan fingerprint density at radius 3 is 2.71 bits per heavy atom. The molecule has 0 aliphatic carbocycles. The predicted molar refractivity (Wildman–Crippen MR) is 58.1 cm³/mol. The fraction of sp³-hybridized carbons (Fsp3) is 0.300. The van der Waals surface area contributed by atoms with Gasteiger partial charge in [0.2, 0.25) is 11.8 Å². The molecule has 2 heterocycles. The van der Waals surface area contributed by atoms with E-state index in [1.165, 1.54) is 0 Å². The molecule has 2 aromatic rings. The summed E-state index contributed by atoms with van der Waals surface area (Å²) in [6.07, 6.45) is 0. The maximum atomic E-state index is 11.4. The molecule has 90 valence electrons. The molecule has 0 aromatic carbocycles. The maximum Gasteiger partial charge on any atom is 0.331 e. The van der Waals surface area contributed by atoms with Gasteiger partial charge in [0.25, 0.3) is 5.56 Å². The largest absolute Gasteiger partial charge is 0.494 e. The minimum atomic E-state index is -0.705. The lowest BCUT2D eigenvalue weighted by Gasteiger charge is -2.03. The first-order valence-electron chi connectivity index (χ1n) is 4.93. The molecule has 0 fully saturated rings. The van der Waals surface area contributed by atoms with Gasteiger partial charge < -0.3 is 9.52 Å². The minimum absolute atomic E-state index is 0.0316. The molecule has 2 N–H and O–H groups in total. The summed E-state index contributed by atoms with van der Waals surface area (Å²) in [6.45, 7) is 3.50. The van der Waals surface area contributed by atoms with Crippen molar-refractivity contribution >= 4 is 0 Å². The average molecular weight is 237 g/mol. The Morgan fingerprint density at radius 2 is 2.18 bits per heavy atom. The average Bonchev–Trinajstić information content (AvgIpc) is 2.52. The van der Waals surface area contributed by atoms with Crippen LogP contribution in [-0.2, 0) is 6.54 Å². The normalized spacial score (nSPS) is 10.7. The number of H-pyrrole nitrogens is 1. The molecule has 7 heteroatoms. The Kier molecular flexibility index (Phi) is 2.58. The van der Waals surface area contributed by atoms with Crippen molar-refractivity contribution in [3.8, 4) is 5.88 Å². The molecule has 0 aliphatic heterocycles. The molecule has 2 rings (SSSR count). The van der Waals surface area contributed by atoms with Gasteiger partial charge in [-0.05, 0) is 13.8 Å². The second-order valence-electron chi connectivity index (χ2n) is 3.63. The van der Waals surface area contributed by atoms with Crippen molar-refractivity contribution in [2.24, 2.45) is 0 Å². The highest BCUT2D eigenvalue weighted by atomic mass is 16.4. The van der Waals surface area contributed by atoms with E-state index in [4.69, 9.17) is 4.42 Å². The minimum Gasteiger partial charge on any atom is -0.494 e. The molecular weight excluding hydrogens is 226 g/mol. The summed E-state index contributed by atoms with van der Waals surface area (Å²) in [7, 11) is 0. The number of aromatic amines is 1. The molecular formula is C10H11N3O4. The van der Waals surface area contributed by atoms with Crippen LogP contribution in [0.3, 0.4) is 0 Å². The molecule has 0 saturated heterocycles. The third-order valence-corrected chi connectivity index (χ3v) is 2.38. The summed E-state index contributed by atoms with van der Waals surface area (Å²) in [5.41, 5.74) is -0.635. The Balaban J connectivity index is 2.43. The summed E-state index contributed by atoms with van der Waals surface area (Å²) < 4.78 is 6.25. The first-order valence-corrected chi connectivity index (χ1v) is 4.93. The standard InChI is InChI=1S/C10H11N3O4/c1-5-6(2)17-8(11-5)4-13-9(15)3-7(14)12-10(13)16/h3,15H,4H2,1-2H3,(H,12,14,16). The van der Waals surface area contributed by atoms with E-state index in [-0.39, 0.29) is 6.54 Å². The van der Waals surface area contributed by atoms with Gasteiger partial charge >= 0.3 is 5.69 Å². The van der Waals surface area contributed by atoms with Gasteiger partial charge in [-0.2, -0.15) is 0 Å². The van der Waals surface area contributed by atoms with Crippen LogP contribution in [0.1, 0.15) is 17.3 Å². The lowest BCUT2D eigenvalue weighted by molar-refractivity contribution is 0.385. The molecule has 17 heavy (non-hydrogen) atoms. The molecule has 2 aromatic heterocycles. The van der Waals surface area contributed by atoms with Crippen molar-refractivity contribution in [1.82, 2.24) is 14.5 Å². The van der Waals surface area contributed by atoms with Crippen LogP contribution >= 0.6 is 0 Å². The summed E-state index contributed by atoms with van der Waals surface area (Å²) >= 11 is 0. The van der Waals surface area contributed by atoms with Crippen molar-refractivity contribution in [2.45, 2.75) is 20.4 Å². The monoisotopic (exact) mass is 237 g/mol. The van der Waals surface area contributed by atoms with Crippen LogP contribution in [0.25, 0.3) is 0 Å². The molecule has 7 nitrogen and oxygen atoms in total. The highest BCUT2D eigenvalue weighted by molar-refractivity contribution is 5.09. The SMILES string of the molecule is Cc1nc(Cn2c(O)cc(=O)[nH]c2=O)oc1C. The first kappa shape index (κ1) is 11.2. The van der Waals surface area contributed by atoms with Crippen LogP contribution in [0.5, 0.6) is 5.88 Å². The summed E-state index contributed by atoms with van der Waals surface area (Å²) in [6, 6.07) is 0.921. The Bertz CT molecular complexity index is 645. The van der Waals surface area contributed by atoms with Crippen LogP contribution in [0, 0.1) is 13.8 Å². The Labute approximate surface area is 95.4 Å². The zero-order valence-corrected chi connectivity index (χ0v) is 9.35. The van der Waals surface area contributed by atoms with Gasteiger partial charge in [-0.15, -0.1) is 0 Å². The molecule has 0 bridgehead atoms. The van der Waals surface area contributed by atoms with Crippen LogP contribution in [-0.4, -0.2) is 19.6 Å². The highest BCUT2D eigenvalue weighted by Gasteiger charge is 2.10. The van der Waals surface area contributed by atoms with Gasteiger partial charge in [-0.1, -0.05) is 0 Å². The Morgan fingerprint density at radius 1 is 1.47 bits per heavy atom. The number of oxazole rings is 1. The first-order chi connectivity index (χ1) is 7.97. The van der Waals surface area contributed by atoms with Crippen LogP contribution in [0.2, 0.25) is 0 Å². The second-order valence-corrected chi connectivity index (χ2v) is 3.63. The zero-order valence-electron chi connectivity index (χ0n) is 9.35. The summed E-state index contributed by atoms with van der Waals surface area (Å²) in [4.78, 5) is 28.5. The van der Waals surface area contributed by atoms with Gasteiger partial charge in [0, 0.05) is 0 Å². The van der Waals surface area contributed by atoms with E-state index in [1.807, 2.05) is 4.98 Å². The molecule has 0 saturated carbocycles. The number of hydrogen-bond donors (Lipinski definition) is 2. The number of aromatic nitrogens is 3. The van der Waals surface area contributed by atoms with E-state index in [0.717, 1.165) is 16.3 Å². The lowest BCUT2D eigenvalue weighted by Crippen LogP contribution is -2.29. The van der Waals surface area contributed by atoms with E-state index >= 15 is 0 Å². The fourth-order valence-electron chi connectivity index (χ4n) is 1.40. The van der Waals surface area contributed by atoms with Crippen molar-refractivity contribution in [2.75, 3.05) is 0 Å². The number of nitrogens with one attached hydrogen (secondary N) is 1. The maximum absolute atomic E-state index is 11.4. The second kappa shape index (κ2) is 3.93. The van der Waals surface area contributed by atoms with Crippen LogP contribution in [0.15, 0.2) is 20.1 Å². The highest BCUT2D eigenvalue weighted by Crippen LogP contribution is 2.11. The van der Waals surface area contributed by atoms with Gasteiger partial charge in [-0.3, -0.25) is 14.3 Å². The van der Waals surface area contributed by atoms with Crippen molar-refractivity contribution in [1.29, 1.82) is 0 Å². The van der Waals surface area contributed by atoms with Crippen molar-refractivity contribution < 1.29 is 9.52 Å². The van der Waals surface area contributed by atoms with E-state index < -0.39 is 17.1 Å². The predicted octanol–water partition coefficient (Wildman–Crippen LogP) is -0.105. The molecule has 0 unspecified atom stereocenters. The summed E-state index contributed by atoms with van der Waals surface area (Å²) in [5, 5.41) is 9.48. The van der Waals surface area contributed by atoms with Gasteiger partial charge in [0.15, 0.2) is 0 Å². The van der Waals surface area contributed by atoms with Crippen molar-refractivity contribution in [3.63, 3.8) is 0 Å². The quantitative estimate of drug-likeness (QED) is 0.759. The number of hydrogen-bond acceptors (Lipinski definition) is 5. The van der Waals surface area contributed by atoms with Crippen molar-refractivity contribution in [3.05, 3.63) is 44.2 Å². The molecule has 0 aliphatic rings. The Hall–Kier alpha value is -2.31. The van der Waals surface area contributed by atoms with Gasteiger partial charge in [-0.25, -0.2) is 9.78 Å². The number of aromatic hydroxyl groups is 1. The fourth-order valence-corrected chi connectivity index (χ4v) is 1.40. The van der Waals surface area contributed by atoms with E-state index in [0.29, 0.717) is 11.7 Å². The third-order valence-electron chi connectivity index (χ3n) is 2.38. The number of rotatable bonds is 2. The van der Waals surface area contributed by atoms with E-state index in [1.54, 1.807) is 13.8 Å². The van der Waals surface area contributed by atoms with E-state index in [2.05, 4.69) is 4.98 Å². The lowest BCUT2D eigenvalue weighted by atomic mass is 10.4. The topological polar surface area (TPSA) is 101 Å². The molecule has 0 atom stereocenters. The molecule has 0 spiro atoms. The van der Waals surface area contributed by atoms with E-state index in [9.17, 15) is 14.7 Å². The number of nitrogens with zero attached hydrogens (tertiary/aromatic N) is 2. The molecule has 0 amide bonds. The van der Waals surface area contributed by atoms with Crippen LogP contribution in [0.4, 0.5) is 0 Å². The summed E-state index contributed by atoms with van der Waals surface area (Å²) in [5.74, 6) is 0.522. The third kappa shape index (κ3) is 2.12. The zero-order chi connectivity index (χ0) is 12.6. The smallest absolute Gasteiger partial charge is 0.331 e. The van der Waals surface area contributed by atoms with Crippen LogP contribution < -0.4 is 11.2 Å². The molecule has 0 radical (unpaired) electrons. The van der Waals surface area contributed by atoms with Gasteiger partial charge in [0.05, 0.1) is 11.8 Å². The number of aryl methyl sites for hydroxylation is 2.